The van der Waals surface area contributed by atoms with Crippen LogP contribution in [0.3, 0.4) is 0 Å². The number of rotatable bonds is 5. The van der Waals surface area contributed by atoms with Gasteiger partial charge in [-0.05, 0) is 47.5 Å². The number of anilines is 1. The maximum atomic E-state index is 12.7. The van der Waals surface area contributed by atoms with Crippen molar-refractivity contribution in [1.29, 1.82) is 0 Å². The van der Waals surface area contributed by atoms with Crippen molar-refractivity contribution < 1.29 is 24.2 Å². The van der Waals surface area contributed by atoms with Gasteiger partial charge in [-0.2, -0.15) is 0 Å². The molecule has 0 aromatic carbocycles. The van der Waals surface area contributed by atoms with Crippen LogP contribution in [0.2, 0.25) is 0 Å². The lowest BCUT2D eigenvalue weighted by atomic mass is 10.1. The van der Waals surface area contributed by atoms with Gasteiger partial charge in [-0.15, -0.1) is 0 Å². The molecule has 1 atom stereocenters. The number of aliphatic hydroxyl groups excluding tert-OH is 1. The third kappa shape index (κ3) is 5.97. The van der Waals surface area contributed by atoms with Crippen molar-refractivity contribution in [2.75, 3.05) is 31.5 Å². The zero-order chi connectivity index (χ0) is 26.0. The van der Waals surface area contributed by atoms with Crippen LogP contribution in [0.25, 0.3) is 11.2 Å². The number of carbonyl (C=O) groups excluding carboxylic acids is 2. The molecule has 2 amide bonds. The molecule has 0 bridgehead atoms. The van der Waals surface area contributed by atoms with Gasteiger partial charge >= 0.3 is 12.2 Å². The van der Waals surface area contributed by atoms with E-state index in [4.69, 9.17) is 9.47 Å². The second-order valence-corrected chi connectivity index (χ2v) is 10.7. The summed E-state index contributed by atoms with van der Waals surface area (Å²) >= 11 is 0. The Balaban J connectivity index is 1.30. The van der Waals surface area contributed by atoms with E-state index in [-0.39, 0.29) is 37.0 Å². The molecule has 36 heavy (non-hydrogen) atoms. The van der Waals surface area contributed by atoms with Crippen LogP contribution in [0.15, 0.2) is 6.33 Å². The quantitative estimate of drug-likeness (QED) is 0.631. The maximum Gasteiger partial charge on any atom is 0.410 e. The van der Waals surface area contributed by atoms with E-state index in [0.29, 0.717) is 68.2 Å². The molecule has 2 aromatic heterocycles. The molecular formula is C24H37N7O5. The maximum absolute atomic E-state index is 12.7. The monoisotopic (exact) mass is 503 g/mol. The zero-order valence-corrected chi connectivity index (χ0v) is 21.7. The summed E-state index contributed by atoms with van der Waals surface area (Å²) in [6.45, 7) is 11.3. The van der Waals surface area contributed by atoms with E-state index in [1.807, 2.05) is 39.2 Å². The molecule has 0 aliphatic carbocycles. The van der Waals surface area contributed by atoms with Gasteiger partial charge in [-0.25, -0.2) is 24.5 Å². The molecule has 4 rings (SSSR count). The molecule has 12 nitrogen and oxygen atoms in total. The molecule has 2 fully saturated rings. The third-order valence-electron chi connectivity index (χ3n) is 6.32. The Kier molecular flexibility index (Phi) is 7.53. The van der Waals surface area contributed by atoms with Gasteiger partial charge in [-0.3, -0.25) is 0 Å². The summed E-state index contributed by atoms with van der Waals surface area (Å²) in [5, 5.41) is 13.1. The number of likely N-dealkylation sites (tertiary alicyclic amines) is 2. The average molecular weight is 504 g/mol. The highest BCUT2D eigenvalue weighted by Crippen LogP contribution is 2.25. The summed E-state index contributed by atoms with van der Waals surface area (Å²) < 4.78 is 13.0. The molecule has 2 aliphatic rings. The number of aromatic nitrogens is 4. The minimum Gasteiger partial charge on any atom is -0.444 e. The SMILES string of the molecule is CC(C)n1cnc2c(NC3CCN(C(=O)O[C@H]4CCN(C(=O)OC(C)(C)C)C4)CC3)nc(CO)nc21. The van der Waals surface area contributed by atoms with Gasteiger partial charge < -0.3 is 34.3 Å². The molecular weight excluding hydrogens is 466 g/mol. The smallest absolute Gasteiger partial charge is 0.410 e. The van der Waals surface area contributed by atoms with E-state index in [1.54, 1.807) is 16.1 Å². The molecule has 0 radical (unpaired) electrons. The van der Waals surface area contributed by atoms with Crippen molar-refractivity contribution in [2.24, 2.45) is 0 Å². The van der Waals surface area contributed by atoms with Crippen LogP contribution in [0.4, 0.5) is 15.4 Å². The molecule has 0 unspecified atom stereocenters. The van der Waals surface area contributed by atoms with Gasteiger partial charge in [0.25, 0.3) is 0 Å². The molecule has 0 saturated carbocycles. The van der Waals surface area contributed by atoms with Gasteiger partial charge in [0.2, 0.25) is 0 Å². The molecule has 2 N–H and O–H groups in total. The summed E-state index contributed by atoms with van der Waals surface area (Å²) in [6.07, 6.45) is 2.71. The van der Waals surface area contributed by atoms with Gasteiger partial charge in [0.05, 0.1) is 12.9 Å². The van der Waals surface area contributed by atoms with Gasteiger partial charge in [0.15, 0.2) is 17.3 Å². The number of amides is 2. The van der Waals surface area contributed by atoms with Crippen LogP contribution in [0.1, 0.15) is 65.7 Å². The third-order valence-corrected chi connectivity index (χ3v) is 6.32. The second-order valence-electron chi connectivity index (χ2n) is 10.7. The number of imidazole rings is 1. The first-order chi connectivity index (χ1) is 17.0. The molecule has 2 aromatic rings. The number of aliphatic hydroxyl groups is 1. The van der Waals surface area contributed by atoms with E-state index in [2.05, 4.69) is 20.3 Å². The van der Waals surface area contributed by atoms with E-state index in [9.17, 15) is 14.7 Å². The lowest BCUT2D eigenvalue weighted by Gasteiger charge is -2.32. The van der Waals surface area contributed by atoms with Crippen molar-refractivity contribution in [3.05, 3.63) is 12.2 Å². The number of carbonyl (C=O) groups is 2. The topological polar surface area (TPSA) is 135 Å². The van der Waals surface area contributed by atoms with Crippen LogP contribution in [-0.2, 0) is 16.1 Å². The Morgan fingerprint density at radius 2 is 1.81 bits per heavy atom. The number of ether oxygens (including phenoxy) is 2. The minimum atomic E-state index is -0.560. The predicted octanol–water partition coefficient (Wildman–Crippen LogP) is 2.92. The molecule has 2 aliphatic heterocycles. The fraction of sp³-hybridized carbons (Fsp3) is 0.708. The molecule has 4 heterocycles. The number of fused-ring (bicyclic) bond motifs is 1. The lowest BCUT2D eigenvalue weighted by Crippen LogP contribution is -2.44. The highest BCUT2D eigenvalue weighted by atomic mass is 16.6. The normalized spacial score (nSPS) is 19.2. The van der Waals surface area contributed by atoms with E-state index in [1.165, 1.54) is 0 Å². The van der Waals surface area contributed by atoms with Crippen LogP contribution >= 0.6 is 0 Å². The lowest BCUT2D eigenvalue weighted by molar-refractivity contribution is 0.0235. The van der Waals surface area contributed by atoms with E-state index < -0.39 is 5.60 Å². The summed E-state index contributed by atoms with van der Waals surface area (Å²) in [7, 11) is 0. The summed E-state index contributed by atoms with van der Waals surface area (Å²) in [6, 6.07) is 0.270. The van der Waals surface area contributed by atoms with Crippen molar-refractivity contribution >= 4 is 29.2 Å². The standard InChI is InChI=1S/C24H37N7O5/c1-15(2)31-14-25-19-20(27-18(13-32)28-21(19)31)26-16-6-9-29(10-7-16)22(33)35-17-8-11-30(12-17)23(34)36-24(3,4)5/h14-17,32H,6-13H2,1-5H3,(H,26,27,28)/t17-/m0/s1. The highest BCUT2D eigenvalue weighted by Gasteiger charge is 2.33. The van der Waals surface area contributed by atoms with Gasteiger partial charge in [0, 0.05) is 38.1 Å². The van der Waals surface area contributed by atoms with Crippen molar-refractivity contribution in [3.63, 3.8) is 0 Å². The van der Waals surface area contributed by atoms with Gasteiger partial charge in [-0.1, -0.05) is 0 Å². The number of hydrogen-bond acceptors (Lipinski definition) is 9. The van der Waals surface area contributed by atoms with Crippen LogP contribution in [0, 0.1) is 0 Å². The van der Waals surface area contributed by atoms with Crippen LogP contribution in [0.5, 0.6) is 0 Å². The highest BCUT2D eigenvalue weighted by molar-refractivity contribution is 5.83. The number of nitrogens with one attached hydrogen (secondary N) is 1. The number of nitrogens with zero attached hydrogens (tertiary/aromatic N) is 6. The average Bonchev–Trinajstić information content (AvgIpc) is 3.45. The molecule has 198 valence electrons. The molecule has 2 saturated heterocycles. The predicted molar refractivity (Wildman–Crippen MR) is 133 cm³/mol. The first-order valence-corrected chi connectivity index (χ1v) is 12.6. The van der Waals surface area contributed by atoms with E-state index >= 15 is 0 Å². The Hall–Kier alpha value is -3.15. The molecule has 12 heteroatoms. The Labute approximate surface area is 211 Å². The summed E-state index contributed by atoms with van der Waals surface area (Å²) in [5.74, 6) is 0.933. The second kappa shape index (κ2) is 10.5. The largest absolute Gasteiger partial charge is 0.444 e. The Morgan fingerprint density at radius 1 is 1.11 bits per heavy atom. The van der Waals surface area contributed by atoms with Crippen molar-refractivity contribution in [1.82, 2.24) is 29.3 Å². The Morgan fingerprint density at radius 3 is 2.44 bits per heavy atom. The van der Waals surface area contributed by atoms with E-state index in [0.717, 1.165) is 0 Å². The Bertz CT molecular complexity index is 1090. The van der Waals surface area contributed by atoms with Crippen LogP contribution < -0.4 is 5.32 Å². The summed E-state index contributed by atoms with van der Waals surface area (Å²) in [4.78, 5) is 41.7. The summed E-state index contributed by atoms with van der Waals surface area (Å²) in [5.41, 5.74) is 0.790. The fourth-order valence-electron chi connectivity index (χ4n) is 4.44. The minimum absolute atomic E-state index is 0.0945. The first kappa shape index (κ1) is 25.9. The van der Waals surface area contributed by atoms with Gasteiger partial charge in [0.1, 0.15) is 23.8 Å². The van der Waals surface area contributed by atoms with Crippen LogP contribution in [-0.4, -0.2) is 90.5 Å². The van der Waals surface area contributed by atoms with Crippen molar-refractivity contribution in [3.8, 4) is 0 Å². The first-order valence-electron chi connectivity index (χ1n) is 12.6. The number of piperidine rings is 1. The zero-order valence-electron chi connectivity index (χ0n) is 21.7. The fourth-order valence-corrected chi connectivity index (χ4v) is 4.44. The molecule has 0 spiro atoms. The number of hydrogen-bond donors (Lipinski definition) is 2. The van der Waals surface area contributed by atoms with Crippen molar-refractivity contribution in [2.45, 2.75) is 84.3 Å².